The summed E-state index contributed by atoms with van der Waals surface area (Å²) in [6, 6.07) is 13.3. The minimum atomic E-state index is -0.416. The Morgan fingerprint density at radius 2 is 1.63 bits per heavy atom. The Labute approximate surface area is 159 Å². The highest BCUT2D eigenvalue weighted by atomic mass is 16.5. The van der Waals surface area contributed by atoms with Crippen LogP contribution in [0, 0.1) is 0 Å². The van der Waals surface area contributed by atoms with Gasteiger partial charge in [0, 0.05) is 12.7 Å². The number of nitrogens with zero attached hydrogens (tertiary/aromatic N) is 1. The van der Waals surface area contributed by atoms with Crippen LogP contribution in [0.15, 0.2) is 48.7 Å². The maximum Gasteiger partial charge on any atom is 0.413 e. The van der Waals surface area contributed by atoms with Gasteiger partial charge in [-0.2, -0.15) is 0 Å². The molecule has 0 N–H and O–H groups in total. The first-order valence-corrected chi connectivity index (χ1v) is 8.49. The third-order valence-electron chi connectivity index (χ3n) is 4.06. The van der Waals surface area contributed by atoms with Crippen molar-refractivity contribution in [3.05, 3.63) is 59.8 Å². The van der Waals surface area contributed by atoms with E-state index in [9.17, 15) is 4.79 Å². The highest BCUT2D eigenvalue weighted by Crippen LogP contribution is 2.27. The van der Waals surface area contributed by atoms with Crippen molar-refractivity contribution in [1.29, 1.82) is 0 Å². The summed E-state index contributed by atoms with van der Waals surface area (Å²) in [5.41, 5.74) is 1.98. The second kappa shape index (κ2) is 10.1. The van der Waals surface area contributed by atoms with Gasteiger partial charge in [-0.15, -0.1) is 0 Å². The lowest BCUT2D eigenvalue weighted by atomic mass is 10.1. The quantitative estimate of drug-likeness (QED) is 0.702. The van der Waals surface area contributed by atoms with Crippen LogP contribution in [0.2, 0.25) is 0 Å². The van der Waals surface area contributed by atoms with Crippen molar-refractivity contribution in [2.45, 2.75) is 6.42 Å². The predicted octanol–water partition coefficient (Wildman–Crippen LogP) is 3.99. The molecule has 0 radical (unpaired) electrons. The van der Waals surface area contributed by atoms with Crippen molar-refractivity contribution in [3.8, 4) is 17.2 Å². The molecule has 2 rings (SSSR count). The van der Waals surface area contributed by atoms with E-state index in [1.54, 1.807) is 27.5 Å². The van der Waals surface area contributed by atoms with Crippen molar-refractivity contribution in [2.75, 3.05) is 35.0 Å². The number of hydrogen-bond acceptors (Lipinski definition) is 5. The molecule has 1 amide bonds. The smallest absolute Gasteiger partial charge is 0.413 e. The van der Waals surface area contributed by atoms with Crippen molar-refractivity contribution in [3.63, 3.8) is 0 Å². The molecule has 0 atom stereocenters. The van der Waals surface area contributed by atoms with Gasteiger partial charge < -0.3 is 18.9 Å². The van der Waals surface area contributed by atoms with Crippen LogP contribution in [0.4, 0.5) is 4.79 Å². The summed E-state index contributed by atoms with van der Waals surface area (Å²) in [5, 5.41) is 0. The summed E-state index contributed by atoms with van der Waals surface area (Å²) in [6.07, 6.45) is 3.79. The van der Waals surface area contributed by atoms with Crippen molar-refractivity contribution >= 4 is 12.2 Å². The average Bonchev–Trinajstić information content (AvgIpc) is 2.73. The summed E-state index contributed by atoms with van der Waals surface area (Å²) in [7, 11) is 6.19. The van der Waals surface area contributed by atoms with Crippen LogP contribution >= 0.6 is 0 Å². The molecular weight excluding hydrogens is 346 g/mol. The summed E-state index contributed by atoms with van der Waals surface area (Å²) in [4.78, 5) is 13.6. The maximum atomic E-state index is 12.1. The van der Waals surface area contributed by atoms with Crippen LogP contribution in [0.3, 0.4) is 0 Å². The molecule has 27 heavy (non-hydrogen) atoms. The van der Waals surface area contributed by atoms with Gasteiger partial charge in [0.05, 0.1) is 28.4 Å². The Kier molecular flexibility index (Phi) is 7.55. The minimum absolute atomic E-state index is 0.416. The van der Waals surface area contributed by atoms with Crippen LogP contribution in [0.25, 0.3) is 6.08 Å². The van der Waals surface area contributed by atoms with Crippen molar-refractivity contribution < 1.29 is 23.7 Å². The van der Waals surface area contributed by atoms with Gasteiger partial charge in [-0.05, 0) is 47.9 Å². The monoisotopic (exact) mass is 371 g/mol. The van der Waals surface area contributed by atoms with Gasteiger partial charge in [0.1, 0.15) is 5.75 Å². The number of methoxy groups -OCH3 is 4. The highest BCUT2D eigenvalue weighted by Gasteiger charge is 2.12. The fourth-order valence-electron chi connectivity index (χ4n) is 2.52. The molecule has 0 aromatic heterocycles. The van der Waals surface area contributed by atoms with Crippen LogP contribution in [-0.4, -0.2) is 46.0 Å². The molecule has 0 saturated carbocycles. The van der Waals surface area contributed by atoms with Gasteiger partial charge >= 0.3 is 6.09 Å². The third kappa shape index (κ3) is 5.67. The molecule has 144 valence electrons. The Morgan fingerprint density at radius 3 is 2.22 bits per heavy atom. The molecule has 6 nitrogen and oxygen atoms in total. The molecule has 0 aliphatic rings. The molecular formula is C21H25NO5. The van der Waals surface area contributed by atoms with E-state index in [2.05, 4.69) is 0 Å². The lowest BCUT2D eigenvalue weighted by molar-refractivity contribution is 0.140. The van der Waals surface area contributed by atoms with Crippen LogP contribution in [0.5, 0.6) is 17.2 Å². The second-order valence-electron chi connectivity index (χ2n) is 5.69. The van der Waals surface area contributed by atoms with Crippen molar-refractivity contribution in [2.24, 2.45) is 0 Å². The van der Waals surface area contributed by atoms with Gasteiger partial charge in [0.2, 0.25) is 0 Å². The molecule has 6 heteroatoms. The molecule has 0 aliphatic carbocycles. The van der Waals surface area contributed by atoms with Gasteiger partial charge in [-0.1, -0.05) is 18.2 Å². The highest BCUT2D eigenvalue weighted by molar-refractivity contribution is 5.70. The second-order valence-corrected chi connectivity index (χ2v) is 5.69. The van der Waals surface area contributed by atoms with E-state index in [4.69, 9.17) is 18.9 Å². The molecule has 0 bridgehead atoms. The van der Waals surface area contributed by atoms with E-state index >= 15 is 0 Å². The molecule has 0 unspecified atom stereocenters. The molecule has 0 spiro atoms. The first kappa shape index (κ1) is 20.2. The molecule has 0 aliphatic heterocycles. The van der Waals surface area contributed by atoms with E-state index in [0.717, 1.165) is 16.9 Å². The topological polar surface area (TPSA) is 57.2 Å². The largest absolute Gasteiger partial charge is 0.497 e. The van der Waals surface area contributed by atoms with Gasteiger partial charge in [-0.25, -0.2) is 4.79 Å². The zero-order valence-corrected chi connectivity index (χ0v) is 16.1. The summed E-state index contributed by atoms with van der Waals surface area (Å²) in [5.74, 6) is 2.12. The molecule has 2 aromatic carbocycles. The number of benzene rings is 2. The lowest BCUT2D eigenvalue weighted by Crippen LogP contribution is -2.27. The van der Waals surface area contributed by atoms with E-state index in [1.807, 2.05) is 48.5 Å². The summed E-state index contributed by atoms with van der Waals surface area (Å²) in [6.45, 7) is 0.467. The summed E-state index contributed by atoms with van der Waals surface area (Å²) < 4.78 is 20.6. The third-order valence-corrected chi connectivity index (χ3v) is 4.06. The predicted molar refractivity (Wildman–Crippen MR) is 104 cm³/mol. The Bertz CT molecular complexity index is 771. The SMILES string of the molecule is COC(=O)N(/C=C/c1ccc(OC)cc1)CCc1ccc(OC)c(OC)c1. The van der Waals surface area contributed by atoms with E-state index in [-0.39, 0.29) is 0 Å². The zero-order valence-electron chi connectivity index (χ0n) is 16.1. The first-order chi connectivity index (χ1) is 13.1. The Morgan fingerprint density at radius 1 is 0.926 bits per heavy atom. The fourth-order valence-corrected chi connectivity index (χ4v) is 2.52. The van der Waals surface area contributed by atoms with E-state index in [1.165, 1.54) is 12.0 Å². The normalized spacial score (nSPS) is 10.5. The Hall–Kier alpha value is -3.15. The minimum Gasteiger partial charge on any atom is -0.497 e. The molecule has 0 fully saturated rings. The number of carbonyl (C=O) groups excluding carboxylic acids is 1. The standard InChI is InChI=1S/C21H25NO5/c1-24-18-8-5-16(6-9-18)11-13-22(21(23)27-4)14-12-17-7-10-19(25-2)20(15-17)26-3/h5-11,13,15H,12,14H2,1-4H3/b13-11+. The maximum absolute atomic E-state index is 12.1. The Balaban J connectivity index is 2.08. The number of hydrogen-bond donors (Lipinski definition) is 0. The number of rotatable bonds is 8. The number of carbonyl (C=O) groups is 1. The fraction of sp³-hybridized carbons (Fsp3) is 0.286. The number of amides is 1. The first-order valence-electron chi connectivity index (χ1n) is 8.49. The van der Waals surface area contributed by atoms with Crippen LogP contribution in [0.1, 0.15) is 11.1 Å². The van der Waals surface area contributed by atoms with Gasteiger partial charge in [0.25, 0.3) is 0 Å². The van der Waals surface area contributed by atoms with Gasteiger partial charge in [0.15, 0.2) is 11.5 Å². The van der Waals surface area contributed by atoms with E-state index in [0.29, 0.717) is 24.5 Å². The zero-order chi connectivity index (χ0) is 19.6. The van der Waals surface area contributed by atoms with Crippen LogP contribution < -0.4 is 14.2 Å². The number of ether oxygens (including phenoxy) is 4. The van der Waals surface area contributed by atoms with Gasteiger partial charge in [-0.3, -0.25) is 4.90 Å². The van der Waals surface area contributed by atoms with Crippen molar-refractivity contribution in [1.82, 2.24) is 4.90 Å². The van der Waals surface area contributed by atoms with Crippen LogP contribution in [-0.2, 0) is 11.2 Å². The molecule has 0 saturated heterocycles. The molecule has 0 heterocycles. The molecule has 2 aromatic rings. The van der Waals surface area contributed by atoms with E-state index < -0.39 is 6.09 Å². The lowest BCUT2D eigenvalue weighted by Gasteiger charge is -2.17. The average molecular weight is 371 g/mol. The summed E-state index contributed by atoms with van der Waals surface area (Å²) >= 11 is 0.